The van der Waals surface area contributed by atoms with Crippen LogP contribution in [-0.2, 0) is 16.1 Å². The molecule has 270 valence electrons. The van der Waals surface area contributed by atoms with Gasteiger partial charge in [-0.05, 0) is 74.3 Å². The molecule has 2 aromatic rings. The normalized spacial score (nSPS) is 19.4. The Morgan fingerprint density at radius 1 is 0.720 bits per heavy atom. The van der Waals surface area contributed by atoms with Crippen LogP contribution in [0.5, 0.6) is 0 Å². The largest absolute Gasteiger partial charge is 0.469 e. The van der Waals surface area contributed by atoms with Gasteiger partial charge in [0.05, 0.1) is 25.2 Å². The smallest absolute Gasteiger partial charge is 0.321 e. The number of nitrogens with one attached hydrogen (secondary N) is 1. The Morgan fingerprint density at radius 3 is 1.86 bits per heavy atom. The Labute approximate surface area is 298 Å². The van der Waals surface area contributed by atoms with E-state index in [1.54, 1.807) is 24.3 Å². The Hall–Kier alpha value is -4.01. The molecule has 6 rings (SSSR count). The summed E-state index contributed by atoms with van der Waals surface area (Å²) in [5.41, 5.74) is 2.56. The fraction of sp³-hybridized carbons (Fsp3) is 0.600. The molecule has 0 aromatic heterocycles. The molecule has 10 nitrogen and oxygen atoms in total. The van der Waals surface area contributed by atoms with Gasteiger partial charge in [-0.25, -0.2) is 14.8 Å². The molecule has 2 aliphatic carbocycles. The number of hydrogen-bond donors (Lipinski definition) is 1. The molecule has 4 aliphatic rings. The van der Waals surface area contributed by atoms with Gasteiger partial charge in [0.2, 0.25) is 0 Å². The molecule has 4 fully saturated rings. The number of benzene rings is 2. The van der Waals surface area contributed by atoms with E-state index in [2.05, 4.69) is 38.3 Å². The number of ether oxygens (including phenoxy) is 1. The third-order valence-electron chi connectivity index (χ3n) is 10.5. The lowest BCUT2D eigenvalue weighted by atomic mass is 9.93. The number of anilines is 1. The number of piperidine rings is 1. The highest BCUT2D eigenvalue weighted by atomic mass is 16.5. The van der Waals surface area contributed by atoms with Crippen molar-refractivity contribution in [2.24, 2.45) is 15.9 Å². The first-order valence-electron chi connectivity index (χ1n) is 18.9. The molecule has 0 spiro atoms. The number of methoxy groups -OCH3 is 1. The van der Waals surface area contributed by atoms with E-state index in [4.69, 9.17) is 4.74 Å². The van der Waals surface area contributed by atoms with Crippen molar-refractivity contribution in [2.75, 3.05) is 51.7 Å². The molecule has 2 saturated heterocycles. The number of rotatable bonds is 8. The molecule has 50 heavy (non-hydrogen) atoms. The Kier molecular flexibility index (Phi) is 14.9. The van der Waals surface area contributed by atoms with Crippen LogP contribution in [0.25, 0.3) is 0 Å². The minimum absolute atomic E-state index is 0.0195. The van der Waals surface area contributed by atoms with E-state index in [1.165, 1.54) is 76.9 Å². The average Bonchev–Trinajstić information content (AvgIpc) is 3.17. The molecule has 2 saturated carbocycles. The quantitative estimate of drug-likeness (QED) is 0.232. The number of esters is 1. The van der Waals surface area contributed by atoms with Gasteiger partial charge in [0.25, 0.3) is 5.91 Å². The summed E-state index contributed by atoms with van der Waals surface area (Å²) in [7, 11) is 1.40. The fourth-order valence-corrected chi connectivity index (χ4v) is 7.31. The van der Waals surface area contributed by atoms with Gasteiger partial charge in [0, 0.05) is 63.5 Å². The maximum Gasteiger partial charge on any atom is 0.321 e. The van der Waals surface area contributed by atoms with Gasteiger partial charge >= 0.3 is 12.0 Å². The molecule has 2 aliphatic heterocycles. The SMILES string of the molecule is C(=NC1CCCCC1)=NC1CCCCC1.COC(=O)CC1CCN(C(=O)c2ccc(NC(=O)N3CCN(Cc4ccccc4)CC3)cc2)CC1. The molecule has 2 heterocycles. The van der Waals surface area contributed by atoms with Gasteiger partial charge in [0.1, 0.15) is 0 Å². The molecule has 2 aromatic carbocycles. The zero-order chi connectivity index (χ0) is 35.0. The predicted octanol–water partition coefficient (Wildman–Crippen LogP) is 7.28. The van der Waals surface area contributed by atoms with E-state index in [0.29, 0.717) is 55.9 Å². The van der Waals surface area contributed by atoms with Crippen LogP contribution in [0, 0.1) is 5.92 Å². The number of carbonyl (C=O) groups excluding carboxylic acids is 3. The van der Waals surface area contributed by atoms with E-state index in [-0.39, 0.29) is 23.8 Å². The third-order valence-corrected chi connectivity index (χ3v) is 10.5. The highest BCUT2D eigenvalue weighted by molar-refractivity contribution is 5.95. The summed E-state index contributed by atoms with van der Waals surface area (Å²) < 4.78 is 4.75. The standard InChI is InChI=1S/C27H34N4O4.C13H22N2/c1-35-25(32)19-21-11-13-30(14-12-21)26(33)23-7-9-24(10-8-23)28-27(34)31-17-15-29(16-18-31)20-22-5-3-2-4-6-22;1-3-7-12(8-4-1)14-11-15-13-9-5-2-6-10-13/h2-10,21H,11-20H2,1H3,(H,28,34);12-13H,1-10H2. The highest BCUT2D eigenvalue weighted by Crippen LogP contribution is 2.24. The van der Waals surface area contributed by atoms with Crippen LogP contribution in [0.15, 0.2) is 64.6 Å². The summed E-state index contributed by atoms with van der Waals surface area (Å²) in [5, 5.41) is 2.95. The molecule has 0 atom stereocenters. The van der Waals surface area contributed by atoms with Crippen molar-refractivity contribution in [1.29, 1.82) is 0 Å². The molecule has 0 unspecified atom stereocenters. The maximum absolute atomic E-state index is 12.9. The van der Waals surface area contributed by atoms with Crippen LogP contribution in [0.1, 0.15) is 99.4 Å². The Balaban J connectivity index is 0.000000269. The van der Waals surface area contributed by atoms with Crippen LogP contribution in [0.2, 0.25) is 0 Å². The number of hydrogen-bond acceptors (Lipinski definition) is 7. The number of amides is 3. The van der Waals surface area contributed by atoms with Crippen LogP contribution >= 0.6 is 0 Å². The van der Waals surface area contributed by atoms with Gasteiger partial charge in [-0.15, -0.1) is 0 Å². The van der Waals surface area contributed by atoms with E-state index >= 15 is 0 Å². The number of urea groups is 1. The summed E-state index contributed by atoms with van der Waals surface area (Å²) in [4.78, 5) is 52.0. The number of carbonyl (C=O) groups is 3. The summed E-state index contributed by atoms with van der Waals surface area (Å²) in [6.07, 6.45) is 15.2. The molecule has 1 N–H and O–H groups in total. The lowest BCUT2D eigenvalue weighted by Gasteiger charge is -2.34. The zero-order valence-corrected chi connectivity index (χ0v) is 29.9. The van der Waals surface area contributed by atoms with Crippen LogP contribution in [0.3, 0.4) is 0 Å². The van der Waals surface area contributed by atoms with Crippen LogP contribution in [-0.4, -0.2) is 97.1 Å². The van der Waals surface area contributed by atoms with Crippen molar-refractivity contribution in [3.8, 4) is 0 Å². The van der Waals surface area contributed by atoms with Crippen LogP contribution in [0.4, 0.5) is 10.5 Å². The monoisotopic (exact) mass is 684 g/mol. The maximum atomic E-state index is 12.9. The first-order chi connectivity index (χ1) is 24.5. The summed E-state index contributed by atoms with van der Waals surface area (Å²) >= 11 is 0. The number of aliphatic imine (C=N–C) groups is 2. The fourth-order valence-electron chi connectivity index (χ4n) is 7.31. The summed E-state index contributed by atoms with van der Waals surface area (Å²) in [6.45, 7) is 5.21. The van der Waals surface area contributed by atoms with E-state index in [0.717, 1.165) is 32.5 Å². The lowest BCUT2D eigenvalue weighted by Crippen LogP contribution is -2.49. The van der Waals surface area contributed by atoms with Crippen molar-refractivity contribution >= 4 is 29.6 Å². The second-order valence-corrected chi connectivity index (χ2v) is 14.2. The van der Waals surface area contributed by atoms with Crippen molar-refractivity contribution in [3.05, 3.63) is 65.7 Å². The van der Waals surface area contributed by atoms with Gasteiger partial charge in [0.15, 0.2) is 0 Å². The van der Waals surface area contributed by atoms with Crippen molar-refractivity contribution in [1.82, 2.24) is 14.7 Å². The van der Waals surface area contributed by atoms with Crippen molar-refractivity contribution in [2.45, 2.75) is 102 Å². The second-order valence-electron chi connectivity index (χ2n) is 14.2. The average molecular weight is 685 g/mol. The Bertz CT molecular complexity index is 1380. The van der Waals surface area contributed by atoms with Crippen molar-refractivity contribution < 1.29 is 19.1 Å². The van der Waals surface area contributed by atoms with Gasteiger partial charge in [-0.2, -0.15) is 0 Å². The predicted molar refractivity (Wildman–Crippen MR) is 198 cm³/mol. The molecule has 3 amide bonds. The molecule has 10 heteroatoms. The number of piperazine rings is 1. The topological polar surface area (TPSA) is 107 Å². The van der Waals surface area contributed by atoms with Gasteiger partial charge < -0.3 is 19.9 Å². The summed E-state index contributed by atoms with van der Waals surface area (Å²) in [6, 6.07) is 21.4. The lowest BCUT2D eigenvalue weighted by molar-refractivity contribution is -0.142. The first-order valence-corrected chi connectivity index (χ1v) is 18.9. The minimum Gasteiger partial charge on any atom is -0.469 e. The summed E-state index contributed by atoms with van der Waals surface area (Å²) in [5.74, 6) is 0.0553. The van der Waals surface area contributed by atoms with Gasteiger partial charge in [-0.1, -0.05) is 68.9 Å². The van der Waals surface area contributed by atoms with Crippen molar-refractivity contribution in [3.63, 3.8) is 0 Å². The minimum atomic E-state index is -0.193. The Morgan fingerprint density at radius 2 is 1.30 bits per heavy atom. The second kappa shape index (κ2) is 20.0. The zero-order valence-electron chi connectivity index (χ0n) is 29.9. The molecular formula is C40H56N6O4. The third kappa shape index (κ3) is 12.1. The molecular weight excluding hydrogens is 628 g/mol. The van der Waals surface area contributed by atoms with Crippen LogP contribution < -0.4 is 5.32 Å². The van der Waals surface area contributed by atoms with E-state index in [9.17, 15) is 14.4 Å². The van der Waals surface area contributed by atoms with E-state index < -0.39 is 0 Å². The van der Waals surface area contributed by atoms with Gasteiger partial charge in [-0.3, -0.25) is 14.5 Å². The number of likely N-dealkylation sites (tertiary alicyclic amines) is 1. The number of nitrogens with zero attached hydrogens (tertiary/aromatic N) is 5. The molecule has 0 bridgehead atoms. The molecule has 0 radical (unpaired) electrons. The van der Waals surface area contributed by atoms with E-state index in [1.807, 2.05) is 28.0 Å². The highest BCUT2D eigenvalue weighted by Gasteiger charge is 2.26. The first kappa shape index (κ1) is 37.3.